The molecule has 124 valence electrons. The lowest BCUT2D eigenvalue weighted by Crippen LogP contribution is -2.50. The maximum absolute atomic E-state index is 12.0. The quantitative estimate of drug-likeness (QED) is 0.649. The number of aromatic nitrogens is 1. The standard InChI is InChI=1S/C16H15N3O4S/c1-10-17-11(9-24-10)6-7-15(20)18-19-16(21)14-8-22-12-4-2-3-5-13(12)23-14/h2-7,9,14H,8H2,1H3,(H,18,20)(H,19,21)/b7-6-/t14-/m1/s1. The van der Waals surface area contributed by atoms with E-state index in [2.05, 4.69) is 15.8 Å². The number of amides is 2. The largest absolute Gasteiger partial charge is 0.485 e. The molecule has 0 bridgehead atoms. The number of hydrazine groups is 1. The van der Waals surface area contributed by atoms with Gasteiger partial charge in [-0.1, -0.05) is 12.1 Å². The number of nitrogens with zero attached hydrogens (tertiary/aromatic N) is 1. The number of carbonyl (C=O) groups excluding carboxylic acids is 2. The van der Waals surface area contributed by atoms with Crippen molar-refractivity contribution in [2.45, 2.75) is 13.0 Å². The monoisotopic (exact) mass is 345 g/mol. The number of rotatable bonds is 3. The van der Waals surface area contributed by atoms with Crippen molar-refractivity contribution in [2.75, 3.05) is 6.61 Å². The molecule has 24 heavy (non-hydrogen) atoms. The number of fused-ring (bicyclic) bond motifs is 1. The van der Waals surface area contributed by atoms with Crippen LogP contribution in [0.4, 0.5) is 0 Å². The third kappa shape index (κ3) is 3.90. The van der Waals surface area contributed by atoms with Gasteiger partial charge in [0.2, 0.25) is 6.10 Å². The van der Waals surface area contributed by atoms with Gasteiger partial charge in [-0.05, 0) is 25.1 Å². The molecule has 0 unspecified atom stereocenters. The van der Waals surface area contributed by atoms with Gasteiger partial charge in [-0.25, -0.2) is 4.98 Å². The van der Waals surface area contributed by atoms with Crippen molar-refractivity contribution in [3.05, 3.63) is 46.4 Å². The van der Waals surface area contributed by atoms with Crippen molar-refractivity contribution >= 4 is 29.2 Å². The smallest absolute Gasteiger partial charge is 0.283 e. The molecule has 0 spiro atoms. The lowest BCUT2D eigenvalue weighted by Gasteiger charge is -2.25. The number of nitrogens with one attached hydrogen (secondary N) is 2. The molecule has 1 aliphatic rings. The fraction of sp³-hybridized carbons (Fsp3) is 0.188. The van der Waals surface area contributed by atoms with Crippen molar-refractivity contribution in [1.29, 1.82) is 0 Å². The van der Waals surface area contributed by atoms with Crippen molar-refractivity contribution in [2.24, 2.45) is 0 Å². The number of thiazole rings is 1. The molecule has 1 aromatic heterocycles. The number of para-hydroxylation sites is 2. The first-order valence-electron chi connectivity index (χ1n) is 7.20. The summed E-state index contributed by atoms with van der Waals surface area (Å²) < 4.78 is 11.0. The average Bonchev–Trinajstić information content (AvgIpc) is 3.02. The van der Waals surface area contributed by atoms with Gasteiger partial charge < -0.3 is 9.47 Å². The second-order valence-electron chi connectivity index (χ2n) is 4.97. The summed E-state index contributed by atoms with van der Waals surface area (Å²) in [5.74, 6) is 0.128. The number of ether oxygens (including phenoxy) is 2. The van der Waals surface area contributed by atoms with Crippen LogP contribution in [0.2, 0.25) is 0 Å². The summed E-state index contributed by atoms with van der Waals surface area (Å²) in [6.45, 7) is 1.96. The first kappa shape index (κ1) is 16.0. The lowest BCUT2D eigenvalue weighted by molar-refractivity contribution is -0.134. The van der Waals surface area contributed by atoms with Gasteiger partial charge in [-0.2, -0.15) is 0 Å². The third-order valence-electron chi connectivity index (χ3n) is 3.15. The van der Waals surface area contributed by atoms with Gasteiger partial charge >= 0.3 is 0 Å². The average molecular weight is 345 g/mol. The van der Waals surface area contributed by atoms with Crippen molar-refractivity contribution in [1.82, 2.24) is 15.8 Å². The summed E-state index contributed by atoms with van der Waals surface area (Å²) in [6.07, 6.45) is 2.04. The van der Waals surface area contributed by atoms with Gasteiger partial charge in [0.1, 0.15) is 6.61 Å². The molecule has 2 heterocycles. The van der Waals surface area contributed by atoms with Crippen LogP contribution in [0.25, 0.3) is 6.08 Å². The van der Waals surface area contributed by atoms with Gasteiger partial charge in [0.15, 0.2) is 11.5 Å². The molecule has 2 amide bonds. The van der Waals surface area contributed by atoms with E-state index in [1.807, 2.05) is 18.4 Å². The number of hydrogen-bond acceptors (Lipinski definition) is 6. The van der Waals surface area contributed by atoms with E-state index in [-0.39, 0.29) is 6.61 Å². The molecule has 0 saturated heterocycles. The molecule has 1 atom stereocenters. The molecule has 0 aliphatic carbocycles. The molecule has 3 rings (SSSR count). The predicted octanol–water partition coefficient (Wildman–Crippen LogP) is 1.45. The Hall–Kier alpha value is -2.87. The van der Waals surface area contributed by atoms with Crippen LogP contribution in [0, 0.1) is 6.92 Å². The number of benzene rings is 1. The Labute approximate surface area is 142 Å². The summed E-state index contributed by atoms with van der Waals surface area (Å²) in [6, 6.07) is 7.08. The second kappa shape index (κ2) is 7.14. The van der Waals surface area contributed by atoms with E-state index in [9.17, 15) is 9.59 Å². The van der Waals surface area contributed by atoms with Crippen LogP contribution in [0.3, 0.4) is 0 Å². The number of aryl methyl sites for hydroxylation is 1. The zero-order valence-corrected chi connectivity index (χ0v) is 13.6. The highest BCUT2D eigenvalue weighted by Crippen LogP contribution is 2.30. The van der Waals surface area contributed by atoms with Crippen molar-refractivity contribution < 1.29 is 19.1 Å². The lowest BCUT2D eigenvalue weighted by atomic mass is 10.2. The van der Waals surface area contributed by atoms with Crippen molar-refractivity contribution in [3.8, 4) is 11.5 Å². The zero-order valence-electron chi connectivity index (χ0n) is 12.8. The highest BCUT2D eigenvalue weighted by molar-refractivity contribution is 7.09. The van der Waals surface area contributed by atoms with E-state index >= 15 is 0 Å². The molecule has 2 aromatic rings. The summed E-state index contributed by atoms with van der Waals surface area (Å²) in [5, 5.41) is 2.75. The third-order valence-corrected chi connectivity index (χ3v) is 3.94. The van der Waals surface area contributed by atoms with Crippen LogP contribution in [-0.2, 0) is 9.59 Å². The summed E-state index contributed by atoms with van der Waals surface area (Å²) in [4.78, 5) is 27.9. The Balaban J connectivity index is 1.49. The van der Waals surface area contributed by atoms with Crippen LogP contribution >= 0.6 is 11.3 Å². The van der Waals surface area contributed by atoms with Crippen molar-refractivity contribution in [3.63, 3.8) is 0 Å². The van der Waals surface area contributed by atoms with E-state index < -0.39 is 17.9 Å². The summed E-state index contributed by atoms with van der Waals surface area (Å²) in [5.41, 5.74) is 5.30. The molecule has 0 saturated carbocycles. The first-order valence-corrected chi connectivity index (χ1v) is 8.08. The molecular formula is C16H15N3O4S. The number of hydrogen-bond donors (Lipinski definition) is 2. The highest BCUT2D eigenvalue weighted by atomic mass is 32.1. The second-order valence-corrected chi connectivity index (χ2v) is 6.03. The first-order chi connectivity index (χ1) is 11.6. The van der Waals surface area contributed by atoms with Crippen LogP contribution in [0.5, 0.6) is 11.5 Å². The van der Waals surface area contributed by atoms with Crippen LogP contribution < -0.4 is 20.3 Å². The number of carbonyl (C=O) groups is 2. The molecular weight excluding hydrogens is 330 g/mol. The van der Waals surface area contributed by atoms with Gasteiger partial charge in [0, 0.05) is 11.5 Å². The molecule has 0 fully saturated rings. The van der Waals surface area contributed by atoms with Gasteiger partial charge in [0.05, 0.1) is 10.7 Å². The highest BCUT2D eigenvalue weighted by Gasteiger charge is 2.27. The molecule has 0 radical (unpaired) electrons. The van der Waals surface area contributed by atoms with Gasteiger partial charge in [0.25, 0.3) is 11.8 Å². The molecule has 1 aliphatic heterocycles. The zero-order chi connectivity index (χ0) is 16.9. The Morgan fingerprint density at radius 1 is 1.29 bits per heavy atom. The van der Waals surface area contributed by atoms with E-state index in [4.69, 9.17) is 9.47 Å². The minimum atomic E-state index is -0.828. The fourth-order valence-electron chi connectivity index (χ4n) is 2.01. The Morgan fingerprint density at radius 2 is 2.08 bits per heavy atom. The van der Waals surface area contributed by atoms with Crippen LogP contribution in [-0.4, -0.2) is 29.5 Å². The predicted molar refractivity (Wildman–Crippen MR) is 88.5 cm³/mol. The van der Waals surface area contributed by atoms with E-state index in [1.165, 1.54) is 17.4 Å². The molecule has 7 nitrogen and oxygen atoms in total. The van der Waals surface area contributed by atoms with Gasteiger partial charge in [-0.15, -0.1) is 11.3 Å². The topological polar surface area (TPSA) is 89.6 Å². The van der Waals surface area contributed by atoms with Crippen LogP contribution in [0.1, 0.15) is 10.7 Å². The Morgan fingerprint density at radius 3 is 2.83 bits per heavy atom. The Bertz CT molecular complexity index is 787. The normalized spacial score (nSPS) is 16.0. The van der Waals surface area contributed by atoms with Crippen LogP contribution in [0.15, 0.2) is 35.7 Å². The molecule has 2 N–H and O–H groups in total. The fourth-order valence-corrected chi connectivity index (χ4v) is 2.59. The van der Waals surface area contributed by atoms with Gasteiger partial charge in [-0.3, -0.25) is 20.4 Å². The maximum Gasteiger partial charge on any atom is 0.283 e. The minimum Gasteiger partial charge on any atom is -0.485 e. The molecule has 8 heteroatoms. The minimum absolute atomic E-state index is 0.0760. The maximum atomic E-state index is 12.0. The SMILES string of the molecule is Cc1nc(/C=C\C(=O)NNC(=O)[C@H]2COc3ccccc3O2)cs1. The van der Waals surface area contributed by atoms with E-state index in [0.717, 1.165) is 5.01 Å². The van der Waals surface area contributed by atoms with E-state index in [0.29, 0.717) is 17.2 Å². The summed E-state index contributed by atoms with van der Waals surface area (Å²) in [7, 11) is 0. The Kier molecular flexibility index (Phi) is 4.76. The molecule has 1 aromatic carbocycles. The van der Waals surface area contributed by atoms with E-state index in [1.54, 1.807) is 24.3 Å². The summed E-state index contributed by atoms with van der Waals surface area (Å²) >= 11 is 1.49.